The molecule has 1 aliphatic carbocycles. The van der Waals surface area contributed by atoms with E-state index in [1.165, 1.54) is 55.2 Å². The van der Waals surface area contributed by atoms with E-state index in [-0.39, 0.29) is 0 Å². The quantitative estimate of drug-likeness (QED) is 0.533. The summed E-state index contributed by atoms with van der Waals surface area (Å²) in [5.74, 6) is 1.92. The predicted octanol–water partition coefficient (Wildman–Crippen LogP) is 6.01. The van der Waals surface area contributed by atoms with Crippen molar-refractivity contribution >= 4 is 16.7 Å². The maximum atomic E-state index is 9.49. The Morgan fingerprint density at radius 3 is 2.72 bits per heavy atom. The Morgan fingerprint density at radius 2 is 1.91 bits per heavy atom. The molecule has 1 aromatic heterocycles. The molecule has 0 radical (unpaired) electrons. The van der Waals surface area contributed by atoms with Gasteiger partial charge in [0.05, 0.1) is 5.52 Å². The van der Waals surface area contributed by atoms with E-state index >= 15 is 0 Å². The van der Waals surface area contributed by atoms with Crippen molar-refractivity contribution in [2.45, 2.75) is 64.0 Å². The summed E-state index contributed by atoms with van der Waals surface area (Å²) in [6.07, 6.45) is 6.60. The average molecular weight is 430 g/mol. The molecule has 1 saturated heterocycles. The molecule has 2 aromatic carbocycles. The van der Waals surface area contributed by atoms with Gasteiger partial charge in [-0.15, -0.1) is 0 Å². The van der Waals surface area contributed by atoms with E-state index in [2.05, 4.69) is 55.4 Å². The lowest BCUT2D eigenvalue weighted by Crippen LogP contribution is -2.55. The van der Waals surface area contributed by atoms with Crippen LogP contribution in [0.1, 0.15) is 55.7 Å². The van der Waals surface area contributed by atoms with E-state index in [4.69, 9.17) is 4.98 Å². The molecule has 32 heavy (non-hydrogen) atoms. The third-order valence-electron chi connectivity index (χ3n) is 8.27. The number of anilines is 1. The summed E-state index contributed by atoms with van der Waals surface area (Å²) in [4.78, 5) is 7.57. The summed E-state index contributed by atoms with van der Waals surface area (Å²) in [6.45, 7) is 6.60. The molecular formula is C28H35N3O. The van der Waals surface area contributed by atoms with Crippen molar-refractivity contribution in [1.82, 2.24) is 9.88 Å². The van der Waals surface area contributed by atoms with Crippen molar-refractivity contribution in [2.24, 2.45) is 5.92 Å². The van der Waals surface area contributed by atoms with E-state index in [1.807, 2.05) is 12.1 Å². The fourth-order valence-electron chi connectivity index (χ4n) is 6.36. The van der Waals surface area contributed by atoms with Crippen LogP contribution in [0.2, 0.25) is 0 Å². The van der Waals surface area contributed by atoms with Crippen molar-refractivity contribution in [3.63, 3.8) is 0 Å². The average Bonchev–Trinajstić information content (AvgIpc) is 2.81. The van der Waals surface area contributed by atoms with Gasteiger partial charge in [-0.25, -0.2) is 4.98 Å². The van der Waals surface area contributed by atoms with Crippen LogP contribution in [-0.2, 0) is 12.0 Å². The molecule has 168 valence electrons. The highest BCUT2D eigenvalue weighted by Crippen LogP contribution is 2.52. The molecule has 2 heterocycles. The Morgan fingerprint density at radius 1 is 1.09 bits per heavy atom. The minimum Gasteiger partial charge on any atom is -0.508 e. The molecule has 1 aliphatic heterocycles. The molecule has 5 rings (SSSR count). The molecule has 2 fully saturated rings. The third-order valence-corrected chi connectivity index (χ3v) is 8.27. The van der Waals surface area contributed by atoms with E-state index in [0.29, 0.717) is 23.8 Å². The number of phenols is 1. The number of aryl methyl sites for hydroxylation is 1. The van der Waals surface area contributed by atoms with Crippen LogP contribution in [0, 0.1) is 12.8 Å². The largest absolute Gasteiger partial charge is 0.508 e. The molecule has 4 nitrogen and oxygen atoms in total. The summed E-state index contributed by atoms with van der Waals surface area (Å²) < 4.78 is 0. The van der Waals surface area contributed by atoms with Gasteiger partial charge >= 0.3 is 0 Å². The Labute approximate surface area is 191 Å². The van der Waals surface area contributed by atoms with Gasteiger partial charge in [-0.3, -0.25) is 0 Å². The molecule has 2 N–H and O–H groups in total. The van der Waals surface area contributed by atoms with Gasteiger partial charge in [0.1, 0.15) is 11.6 Å². The Balaban J connectivity index is 1.48. The highest BCUT2D eigenvalue weighted by atomic mass is 16.3. The number of nitrogens with zero attached hydrogens (tertiary/aromatic N) is 2. The number of fused-ring (bicyclic) bond motifs is 2. The zero-order valence-corrected chi connectivity index (χ0v) is 19.6. The molecule has 2 aliphatic rings. The van der Waals surface area contributed by atoms with Gasteiger partial charge in [-0.2, -0.15) is 0 Å². The van der Waals surface area contributed by atoms with Gasteiger partial charge in [0.15, 0.2) is 0 Å². The summed E-state index contributed by atoms with van der Waals surface area (Å²) in [7, 11) is 2.30. The van der Waals surface area contributed by atoms with Crippen LogP contribution < -0.4 is 5.32 Å². The van der Waals surface area contributed by atoms with Crippen molar-refractivity contribution in [3.05, 3.63) is 65.2 Å². The number of aromatic nitrogens is 1. The van der Waals surface area contributed by atoms with E-state index in [1.54, 1.807) is 12.1 Å². The van der Waals surface area contributed by atoms with Crippen molar-refractivity contribution in [3.8, 4) is 5.75 Å². The first kappa shape index (κ1) is 21.3. The maximum Gasteiger partial charge on any atom is 0.126 e. The second-order valence-corrected chi connectivity index (χ2v) is 10.1. The van der Waals surface area contributed by atoms with Gasteiger partial charge in [-0.1, -0.05) is 25.0 Å². The second-order valence-electron chi connectivity index (χ2n) is 10.1. The number of rotatable bonds is 4. The number of benzene rings is 2. The SMILES string of the molecule is Cc1cc2ccc(NCc3ccc(O)cc3)nc2cc1C12CCCCC1C(C)N(C)CC2. The number of aromatic hydroxyl groups is 1. The molecule has 3 aromatic rings. The molecule has 3 atom stereocenters. The van der Waals surface area contributed by atoms with Crippen molar-refractivity contribution in [1.29, 1.82) is 0 Å². The number of likely N-dealkylation sites (tertiary alicyclic amines) is 1. The van der Waals surface area contributed by atoms with Gasteiger partial charge in [0.2, 0.25) is 0 Å². The van der Waals surface area contributed by atoms with Crippen LogP contribution in [-0.4, -0.2) is 34.6 Å². The van der Waals surface area contributed by atoms with Gasteiger partial charge in [0, 0.05) is 23.4 Å². The maximum absolute atomic E-state index is 9.49. The van der Waals surface area contributed by atoms with Crippen LogP contribution >= 0.6 is 0 Å². The lowest BCUT2D eigenvalue weighted by molar-refractivity contribution is 0.0226. The molecule has 1 saturated carbocycles. The molecule has 0 spiro atoms. The zero-order valence-electron chi connectivity index (χ0n) is 19.6. The number of phenolic OH excluding ortho intramolecular Hbond substituents is 1. The fraction of sp³-hybridized carbons (Fsp3) is 0.464. The van der Waals surface area contributed by atoms with E-state index in [0.717, 1.165) is 22.8 Å². The molecule has 0 amide bonds. The van der Waals surface area contributed by atoms with Crippen LogP contribution in [0.3, 0.4) is 0 Å². The number of hydrogen-bond acceptors (Lipinski definition) is 4. The van der Waals surface area contributed by atoms with Crippen LogP contribution in [0.25, 0.3) is 10.9 Å². The highest BCUT2D eigenvalue weighted by Gasteiger charge is 2.48. The summed E-state index contributed by atoms with van der Waals surface area (Å²) in [5, 5.41) is 14.2. The first-order chi connectivity index (χ1) is 15.5. The molecular weight excluding hydrogens is 394 g/mol. The predicted molar refractivity (Wildman–Crippen MR) is 132 cm³/mol. The van der Waals surface area contributed by atoms with Crippen LogP contribution in [0.4, 0.5) is 5.82 Å². The monoisotopic (exact) mass is 429 g/mol. The summed E-state index contributed by atoms with van der Waals surface area (Å²) in [5.41, 5.74) is 5.47. The number of hydrogen-bond donors (Lipinski definition) is 2. The van der Waals surface area contributed by atoms with Gasteiger partial charge in [-0.05, 0) is 106 Å². The Hall–Kier alpha value is -2.59. The van der Waals surface area contributed by atoms with Crippen LogP contribution in [0.5, 0.6) is 5.75 Å². The lowest BCUT2D eigenvalue weighted by atomic mass is 9.56. The highest BCUT2D eigenvalue weighted by molar-refractivity contribution is 5.82. The summed E-state index contributed by atoms with van der Waals surface area (Å²) >= 11 is 0. The van der Waals surface area contributed by atoms with Crippen molar-refractivity contribution < 1.29 is 5.11 Å². The minimum absolute atomic E-state index is 0.291. The topological polar surface area (TPSA) is 48.4 Å². The molecule has 3 unspecified atom stereocenters. The number of nitrogens with one attached hydrogen (secondary N) is 1. The minimum atomic E-state index is 0.291. The number of pyridine rings is 1. The second kappa shape index (κ2) is 8.40. The first-order valence-corrected chi connectivity index (χ1v) is 12.1. The first-order valence-electron chi connectivity index (χ1n) is 12.1. The smallest absolute Gasteiger partial charge is 0.126 e. The summed E-state index contributed by atoms with van der Waals surface area (Å²) in [6, 6.07) is 17.0. The van der Waals surface area contributed by atoms with Crippen molar-refractivity contribution in [2.75, 3.05) is 18.9 Å². The standard InChI is InChI=1S/C28H35N3O/c1-19-16-22-9-12-27(29-18-21-7-10-23(32)11-8-21)30-26(22)17-25(19)28-13-5-4-6-24(28)20(2)31(3)15-14-28/h7-12,16-17,20,24,32H,4-6,13-15,18H2,1-3H3,(H,29,30). The van der Waals surface area contributed by atoms with E-state index < -0.39 is 0 Å². The number of piperidine rings is 1. The van der Waals surface area contributed by atoms with Gasteiger partial charge in [0.25, 0.3) is 0 Å². The van der Waals surface area contributed by atoms with Gasteiger partial charge < -0.3 is 15.3 Å². The third kappa shape index (κ3) is 3.75. The van der Waals surface area contributed by atoms with Crippen LogP contribution in [0.15, 0.2) is 48.5 Å². The molecule has 4 heteroatoms. The Kier molecular flexibility index (Phi) is 5.58. The zero-order chi connectivity index (χ0) is 22.3. The van der Waals surface area contributed by atoms with E-state index in [9.17, 15) is 5.11 Å². The Bertz CT molecular complexity index is 1110. The molecule has 0 bridgehead atoms. The fourth-order valence-corrected chi connectivity index (χ4v) is 6.36. The lowest BCUT2D eigenvalue weighted by Gasteiger charge is -2.54. The normalized spacial score (nSPS) is 26.1.